The molecule has 0 saturated heterocycles. The Kier molecular flexibility index (Phi) is 2.46. The zero-order valence-electron chi connectivity index (χ0n) is 8.20. The highest BCUT2D eigenvalue weighted by Gasteiger charge is 1.97. The predicted molar refractivity (Wildman–Crippen MR) is 57.3 cm³/mol. The van der Waals surface area contributed by atoms with Crippen LogP contribution in [-0.4, -0.2) is 16.7 Å². The van der Waals surface area contributed by atoms with E-state index in [2.05, 4.69) is 11.1 Å². The smallest absolute Gasteiger partial charge is 0.0707 e. The second-order valence-electron chi connectivity index (χ2n) is 3.45. The SMILES string of the molecule is Cc1ccc2ccc(CCO)cc2n1. The molecule has 0 aliphatic carbocycles. The van der Waals surface area contributed by atoms with Crippen LogP contribution in [0.5, 0.6) is 0 Å². The van der Waals surface area contributed by atoms with E-state index in [1.54, 1.807) is 0 Å². The third-order valence-electron chi connectivity index (χ3n) is 2.30. The highest BCUT2D eigenvalue weighted by Crippen LogP contribution is 2.14. The second-order valence-corrected chi connectivity index (χ2v) is 3.45. The van der Waals surface area contributed by atoms with Crippen molar-refractivity contribution in [1.29, 1.82) is 0 Å². The van der Waals surface area contributed by atoms with Crippen molar-refractivity contribution < 1.29 is 5.11 Å². The maximum atomic E-state index is 8.83. The van der Waals surface area contributed by atoms with Gasteiger partial charge in [-0.15, -0.1) is 0 Å². The predicted octanol–water partition coefficient (Wildman–Crippen LogP) is 2.08. The number of aliphatic hydroxyl groups excluding tert-OH is 1. The molecule has 1 aromatic carbocycles. The molecule has 14 heavy (non-hydrogen) atoms. The molecule has 0 spiro atoms. The highest BCUT2D eigenvalue weighted by molar-refractivity contribution is 5.79. The van der Waals surface area contributed by atoms with Crippen LogP contribution in [0.4, 0.5) is 0 Å². The molecule has 0 amide bonds. The number of fused-ring (bicyclic) bond motifs is 1. The van der Waals surface area contributed by atoms with Crippen molar-refractivity contribution in [2.24, 2.45) is 0 Å². The number of pyridine rings is 1. The third kappa shape index (κ3) is 1.75. The van der Waals surface area contributed by atoms with E-state index in [4.69, 9.17) is 5.11 Å². The molecule has 2 rings (SSSR count). The number of aryl methyl sites for hydroxylation is 1. The van der Waals surface area contributed by atoms with Crippen LogP contribution in [0.2, 0.25) is 0 Å². The highest BCUT2D eigenvalue weighted by atomic mass is 16.2. The Morgan fingerprint density at radius 1 is 1.21 bits per heavy atom. The molecule has 1 aromatic heterocycles. The van der Waals surface area contributed by atoms with Gasteiger partial charge in [0.25, 0.3) is 0 Å². The van der Waals surface area contributed by atoms with Gasteiger partial charge in [0, 0.05) is 17.7 Å². The van der Waals surface area contributed by atoms with Gasteiger partial charge in [-0.2, -0.15) is 0 Å². The Morgan fingerprint density at radius 2 is 2.00 bits per heavy atom. The van der Waals surface area contributed by atoms with E-state index < -0.39 is 0 Å². The Morgan fingerprint density at radius 3 is 2.79 bits per heavy atom. The molecule has 0 saturated carbocycles. The lowest BCUT2D eigenvalue weighted by molar-refractivity contribution is 0.299. The summed E-state index contributed by atoms with van der Waals surface area (Å²) < 4.78 is 0. The van der Waals surface area contributed by atoms with Crippen molar-refractivity contribution >= 4 is 10.9 Å². The third-order valence-corrected chi connectivity index (χ3v) is 2.30. The van der Waals surface area contributed by atoms with Gasteiger partial charge in [0.05, 0.1) is 5.52 Å². The fraction of sp³-hybridized carbons (Fsp3) is 0.250. The molecule has 0 atom stereocenters. The summed E-state index contributed by atoms with van der Waals surface area (Å²) in [6.07, 6.45) is 0.700. The van der Waals surface area contributed by atoms with Gasteiger partial charge in [-0.1, -0.05) is 18.2 Å². The van der Waals surface area contributed by atoms with Gasteiger partial charge < -0.3 is 5.11 Å². The molecule has 0 aliphatic heterocycles. The topological polar surface area (TPSA) is 33.1 Å². The minimum atomic E-state index is 0.192. The minimum Gasteiger partial charge on any atom is -0.396 e. The van der Waals surface area contributed by atoms with Crippen LogP contribution in [0.25, 0.3) is 10.9 Å². The number of nitrogens with zero attached hydrogens (tertiary/aromatic N) is 1. The summed E-state index contributed by atoms with van der Waals surface area (Å²) in [5.74, 6) is 0. The van der Waals surface area contributed by atoms with E-state index >= 15 is 0 Å². The van der Waals surface area contributed by atoms with E-state index in [9.17, 15) is 0 Å². The first-order valence-electron chi connectivity index (χ1n) is 4.77. The maximum Gasteiger partial charge on any atom is 0.0707 e. The molecule has 1 N–H and O–H groups in total. The van der Waals surface area contributed by atoms with Crippen LogP contribution in [0.15, 0.2) is 30.3 Å². The van der Waals surface area contributed by atoms with Gasteiger partial charge in [-0.05, 0) is 31.0 Å². The van der Waals surface area contributed by atoms with Crippen LogP contribution in [0.1, 0.15) is 11.3 Å². The number of hydrogen-bond acceptors (Lipinski definition) is 2. The Bertz CT molecular complexity index is 451. The Balaban J connectivity index is 2.52. The van der Waals surface area contributed by atoms with Crippen molar-refractivity contribution in [2.75, 3.05) is 6.61 Å². The monoisotopic (exact) mass is 187 g/mol. The largest absolute Gasteiger partial charge is 0.396 e. The average molecular weight is 187 g/mol. The zero-order chi connectivity index (χ0) is 9.97. The van der Waals surface area contributed by atoms with Gasteiger partial charge in [0.2, 0.25) is 0 Å². The van der Waals surface area contributed by atoms with Crippen molar-refractivity contribution in [2.45, 2.75) is 13.3 Å². The molecule has 2 aromatic rings. The van der Waals surface area contributed by atoms with Crippen molar-refractivity contribution in [3.8, 4) is 0 Å². The zero-order valence-corrected chi connectivity index (χ0v) is 8.20. The summed E-state index contributed by atoms with van der Waals surface area (Å²) in [5.41, 5.74) is 3.17. The quantitative estimate of drug-likeness (QED) is 0.780. The van der Waals surface area contributed by atoms with E-state index in [0.29, 0.717) is 6.42 Å². The van der Waals surface area contributed by atoms with Crippen molar-refractivity contribution in [3.63, 3.8) is 0 Å². The molecule has 0 bridgehead atoms. The van der Waals surface area contributed by atoms with Crippen molar-refractivity contribution in [3.05, 3.63) is 41.6 Å². The molecular weight excluding hydrogens is 174 g/mol. The number of aromatic nitrogens is 1. The number of rotatable bonds is 2. The fourth-order valence-electron chi connectivity index (χ4n) is 1.55. The Hall–Kier alpha value is -1.41. The number of hydrogen-bond donors (Lipinski definition) is 1. The van der Waals surface area contributed by atoms with Crippen molar-refractivity contribution in [1.82, 2.24) is 4.98 Å². The molecule has 0 aliphatic rings. The first-order chi connectivity index (χ1) is 6.79. The summed E-state index contributed by atoms with van der Waals surface area (Å²) in [4.78, 5) is 4.44. The van der Waals surface area contributed by atoms with Crippen LogP contribution >= 0.6 is 0 Å². The number of aliphatic hydroxyl groups is 1. The fourth-order valence-corrected chi connectivity index (χ4v) is 1.55. The standard InChI is InChI=1S/C12H13NO/c1-9-2-4-11-5-3-10(6-7-14)8-12(11)13-9/h2-5,8,14H,6-7H2,1H3. The summed E-state index contributed by atoms with van der Waals surface area (Å²) in [6.45, 7) is 2.18. The maximum absolute atomic E-state index is 8.83. The van der Waals surface area contributed by atoms with Crippen LogP contribution < -0.4 is 0 Å². The van der Waals surface area contributed by atoms with E-state index in [1.807, 2.05) is 31.2 Å². The normalized spacial score (nSPS) is 10.7. The number of benzene rings is 1. The second kappa shape index (κ2) is 3.76. The van der Waals surface area contributed by atoms with Gasteiger partial charge >= 0.3 is 0 Å². The van der Waals surface area contributed by atoms with Gasteiger partial charge in [-0.25, -0.2) is 0 Å². The van der Waals surface area contributed by atoms with Crippen LogP contribution in [-0.2, 0) is 6.42 Å². The summed E-state index contributed by atoms with van der Waals surface area (Å²) in [7, 11) is 0. The Labute approximate surface area is 83.2 Å². The van der Waals surface area contributed by atoms with Crippen LogP contribution in [0, 0.1) is 6.92 Å². The van der Waals surface area contributed by atoms with E-state index in [0.717, 1.165) is 22.2 Å². The van der Waals surface area contributed by atoms with E-state index in [1.165, 1.54) is 0 Å². The lowest BCUT2D eigenvalue weighted by Crippen LogP contribution is -1.91. The molecule has 72 valence electrons. The summed E-state index contributed by atoms with van der Waals surface area (Å²) in [5, 5.41) is 9.98. The minimum absolute atomic E-state index is 0.192. The molecule has 0 unspecified atom stereocenters. The van der Waals surface area contributed by atoms with Gasteiger partial charge in [0.15, 0.2) is 0 Å². The average Bonchev–Trinajstić information content (AvgIpc) is 2.17. The molecule has 2 heteroatoms. The first kappa shape index (κ1) is 9.16. The molecular formula is C12H13NO. The van der Waals surface area contributed by atoms with E-state index in [-0.39, 0.29) is 6.61 Å². The molecule has 1 heterocycles. The molecule has 0 fully saturated rings. The summed E-state index contributed by atoms with van der Waals surface area (Å²) >= 11 is 0. The lowest BCUT2D eigenvalue weighted by Gasteiger charge is -2.02. The van der Waals surface area contributed by atoms with Gasteiger partial charge in [0.1, 0.15) is 0 Å². The molecule has 2 nitrogen and oxygen atoms in total. The lowest BCUT2D eigenvalue weighted by atomic mass is 10.1. The summed E-state index contributed by atoms with van der Waals surface area (Å²) in [6, 6.07) is 10.2. The first-order valence-corrected chi connectivity index (χ1v) is 4.77. The molecule has 0 radical (unpaired) electrons. The van der Waals surface area contributed by atoms with Crippen LogP contribution in [0.3, 0.4) is 0 Å². The van der Waals surface area contributed by atoms with Gasteiger partial charge in [-0.3, -0.25) is 4.98 Å².